The lowest BCUT2D eigenvalue weighted by molar-refractivity contribution is 0.247. The number of hydrogen-bond donors (Lipinski definition) is 1. The molecule has 0 amide bonds. The highest BCUT2D eigenvalue weighted by atomic mass is 32.2. The highest BCUT2D eigenvalue weighted by Crippen LogP contribution is 2.19. The predicted molar refractivity (Wildman–Crippen MR) is 33.4 cm³/mol. The van der Waals surface area contributed by atoms with E-state index in [1.165, 1.54) is 12.0 Å². The molecule has 48 valence electrons. The number of rotatable bonds is 0. The van der Waals surface area contributed by atoms with Crippen LogP contribution in [0.5, 0.6) is 0 Å². The van der Waals surface area contributed by atoms with Crippen molar-refractivity contribution in [3.63, 3.8) is 0 Å². The number of aliphatic hydroxyl groups excluding tert-OH is 1. The van der Waals surface area contributed by atoms with E-state index in [1.54, 1.807) is 0 Å². The first-order chi connectivity index (χ1) is 3.89. The molecule has 0 bridgehead atoms. The molecule has 0 aromatic rings. The zero-order valence-electron chi connectivity index (χ0n) is 4.67. The number of hydrogen-bond acceptors (Lipinski definition) is 3. The first-order valence-corrected chi connectivity index (χ1v) is 3.66. The molecule has 0 saturated carbocycles. The van der Waals surface area contributed by atoms with Crippen LogP contribution in [0.1, 0.15) is 19.3 Å². The van der Waals surface area contributed by atoms with Gasteiger partial charge in [-0.15, -0.1) is 0 Å². The second-order valence-corrected chi connectivity index (χ2v) is 2.84. The zero-order chi connectivity index (χ0) is 5.82. The summed E-state index contributed by atoms with van der Waals surface area (Å²) in [6.45, 7) is 0.793. The molecule has 1 aliphatic rings. The molecule has 1 atom stereocenters. The van der Waals surface area contributed by atoms with E-state index >= 15 is 0 Å². The lowest BCUT2D eigenvalue weighted by atomic mass is 10.2. The van der Waals surface area contributed by atoms with Gasteiger partial charge in [-0.2, -0.15) is 0 Å². The highest BCUT2D eigenvalue weighted by molar-refractivity contribution is 7.95. The van der Waals surface area contributed by atoms with Gasteiger partial charge in [-0.1, -0.05) is 0 Å². The fourth-order valence-corrected chi connectivity index (χ4v) is 1.29. The van der Waals surface area contributed by atoms with Gasteiger partial charge in [0.15, 0.2) is 0 Å². The van der Waals surface area contributed by atoms with Crippen LogP contribution in [0.2, 0.25) is 0 Å². The lowest BCUT2D eigenvalue weighted by Gasteiger charge is -2.00. The standard InChI is InChI=1S/C5H10O2S/c6-5-3-1-2-4-7-8-5/h5-6H,1-4H2. The van der Waals surface area contributed by atoms with Crippen molar-refractivity contribution >= 4 is 12.0 Å². The Bertz CT molecular complexity index is 59.4. The van der Waals surface area contributed by atoms with Gasteiger partial charge in [-0.05, 0) is 19.3 Å². The molecule has 0 aliphatic carbocycles. The predicted octanol–water partition coefficient (Wildman–Crippen LogP) is 1.15. The average molecular weight is 134 g/mol. The van der Waals surface area contributed by atoms with E-state index in [0.29, 0.717) is 0 Å². The molecule has 1 N–H and O–H groups in total. The Balaban J connectivity index is 2.17. The van der Waals surface area contributed by atoms with Gasteiger partial charge in [-0.25, -0.2) is 0 Å². The summed E-state index contributed by atoms with van der Waals surface area (Å²) in [4.78, 5) is 0. The Morgan fingerprint density at radius 3 is 3.25 bits per heavy atom. The smallest absolute Gasteiger partial charge is 0.125 e. The maximum Gasteiger partial charge on any atom is 0.125 e. The Kier molecular flexibility index (Phi) is 2.66. The molecular formula is C5H10O2S. The van der Waals surface area contributed by atoms with Gasteiger partial charge in [0.1, 0.15) is 5.44 Å². The quantitative estimate of drug-likeness (QED) is 0.504. The third-order valence-electron chi connectivity index (χ3n) is 1.11. The van der Waals surface area contributed by atoms with Crippen molar-refractivity contribution in [2.75, 3.05) is 6.61 Å². The van der Waals surface area contributed by atoms with Crippen molar-refractivity contribution < 1.29 is 9.29 Å². The summed E-state index contributed by atoms with van der Waals surface area (Å²) in [5, 5.41) is 8.93. The van der Waals surface area contributed by atoms with Crippen LogP contribution in [-0.4, -0.2) is 17.1 Å². The van der Waals surface area contributed by atoms with Gasteiger partial charge in [0.25, 0.3) is 0 Å². The van der Waals surface area contributed by atoms with Crippen LogP contribution in [0.25, 0.3) is 0 Å². The molecule has 1 fully saturated rings. The molecule has 0 spiro atoms. The van der Waals surface area contributed by atoms with E-state index in [4.69, 9.17) is 9.29 Å². The van der Waals surface area contributed by atoms with E-state index in [9.17, 15) is 0 Å². The Morgan fingerprint density at radius 1 is 1.50 bits per heavy atom. The molecule has 3 heteroatoms. The van der Waals surface area contributed by atoms with E-state index in [2.05, 4.69) is 0 Å². The van der Waals surface area contributed by atoms with Crippen LogP contribution < -0.4 is 0 Å². The number of aliphatic hydroxyl groups is 1. The summed E-state index contributed by atoms with van der Waals surface area (Å²) < 4.78 is 4.97. The summed E-state index contributed by atoms with van der Waals surface area (Å²) in [5.41, 5.74) is -0.280. The fourth-order valence-electron chi connectivity index (χ4n) is 0.655. The van der Waals surface area contributed by atoms with Gasteiger partial charge < -0.3 is 9.29 Å². The summed E-state index contributed by atoms with van der Waals surface area (Å²) in [6, 6.07) is 0. The maximum atomic E-state index is 8.93. The van der Waals surface area contributed by atoms with Crippen LogP contribution in [-0.2, 0) is 4.18 Å². The molecule has 1 heterocycles. The molecular weight excluding hydrogens is 124 g/mol. The van der Waals surface area contributed by atoms with Crippen molar-refractivity contribution in [2.45, 2.75) is 24.7 Å². The molecule has 1 saturated heterocycles. The average Bonchev–Trinajstić information content (AvgIpc) is 1.94. The molecule has 0 aromatic carbocycles. The second-order valence-electron chi connectivity index (χ2n) is 1.87. The SMILES string of the molecule is OC1CCCCOS1. The van der Waals surface area contributed by atoms with Crippen LogP contribution in [0.15, 0.2) is 0 Å². The lowest BCUT2D eigenvalue weighted by Crippen LogP contribution is -1.96. The molecule has 8 heavy (non-hydrogen) atoms. The molecule has 1 aliphatic heterocycles. The van der Waals surface area contributed by atoms with Gasteiger partial charge in [-0.3, -0.25) is 0 Å². The summed E-state index contributed by atoms with van der Waals surface area (Å²) in [6.07, 6.45) is 3.06. The minimum absolute atomic E-state index is 0.280. The summed E-state index contributed by atoms with van der Waals surface area (Å²) in [7, 11) is 0. The van der Waals surface area contributed by atoms with Crippen molar-refractivity contribution in [3.8, 4) is 0 Å². The normalized spacial score (nSPS) is 31.9. The van der Waals surface area contributed by atoms with Gasteiger partial charge in [0.2, 0.25) is 0 Å². The highest BCUT2D eigenvalue weighted by Gasteiger charge is 2.08. The van der Waals surface area contributed by atoms with E-state index < -0.39 is 0 Å². The van der Waals surface area contributed by atoms with Gasteiger partial charge in [0, 0.05) is 12.0 Å². The minimum atomic E-state index is -0.280. The van der Waals surface area contributed by atoms with Crippen LogP contribution in [0.4, 0.5) is 0 Å². The molecule has 0 aromatic heterocycles. The van der Waals surface area contributed by atoms with Crippen molar-refractivity contribution in [1.82, 2.24) is 0 Å². The maximum absolute atomic E-state index is 8.93. The zero-order valence-corrected chi connectivity index (χ0v) is 5.49. The summed E-state index contributed by atoms with van der Waals surface area (Å²) in [5.74, 6) is 0. The third-order valence-corrected chi connectivity index (χ3v) is 1.87. The van der Waals surface area contributed by atoms with Gasteiger partial charge >= 0.3 is 0 Å². The Morgan fingerprint density at radius 2 is 2.38 bits per heavy atom. The Hall–Kier alpha value is 0.270. The van der Waals surface area contributed by atoms with Crippen LogP contribution in [0.3, 0.4) is 0 Å². The van der Waals surface area contributed by atoms with E-state index in [0.717, 1.165) is 25.9 Å². The van der Waals surface area contributed by atoms with E-state index in [1.807, 2.05) is 0 Å². The fraction of sp³-hybridized carbons (Fsp3) is 1.00. The van der Waals surface area contributed by atoms with Gasteiger partial charge in [0.05, 0.1) is 6.61 Å². The summed E-state index contributed by atoms with van der Waals surface area (Å²) >= 11 is 1.19. The molecule has 1 unspecified atom stereocenters. The largest absolute Gasteiger partial charge is 0.380 e. The molecule has 2 nitrogen and oxygen atoms in total. The Labute approximate surface area is 53.4 Å². The third kappa shape index (κ3) is 2.03. The van der Waals surface area contributed by atoms with Crippen LogP contribution in [0, 0.1) is 0 Å². The van der Waals surface area contributed by atoms with Crippen molar-refractivity contribution in [3.05, 3.63) is 0 Å². The first kappa shape index (κ1) is 6.39. The van der Waals surface area contributed by atoms with Crippen molar-refractivity contribution in [2.24, 2.45) is 0 Å². The van der Waals surface area contributed by atoms with E-state index in [-0.39, 0.29) is 5.44 Å². The van der Waals surface area contributed by atoms with Crippen molar-refractivity contribution in [1.29, 1.82) is 0 Å². The first-order valence-electron chi connectivity index (χ1n) is 2.86. The minimum Gasteiger partial charge on any atom is -0.380 e. The molecule has 0 radical (unpaired) electrons. The second kappa shape index (κ2) is 3.33. The monoisotopic (exact) mass is 134 g/mol. The molecule has 1 rings (SSSR count). The van der Waals surface area contributed by atoms with Crippen LogP contribution >= 0.6 is 12.0 Å². The topological polar surface area (TPSA) is 29.5 Å².